The number of sulfonamides is 1. The third-order valence-electron chi connectivity index (χ3n) is 3.70. The Labute approximate surface area is 163 Å². The van der Waals surface area contributed by atoms with E-state index in [1.807, 2.05) is 24.4 Å². The third-order valence-corrected chi connectivity index (χ3v) is 5.92. The molecule has 0 saturated heterocycles. The van der Waals surface area contributed by atoms with Crippen molar-refractivity contribution in [3.05, 3.63) is 46.7 Å². The Balaban J connectivity index is 2.20. The summed E-state index contributed by atoms with van der Waals surface area (Å²) < 4.78 is 31.0. The van der Waals surface area contributed by atoms with Crippen molar-refractivity contribution in [2.24, 2.45) is 5.10 Å². The van der Waals surface area contributed by atoms with Crippen molar-refractivity contribution in [2.75, 3.05) is 17.2 Å². The molecule has 0 spiro atoms. The molecular weight excluding hydrogens is 386 g/mol. The molecule has 0 aliphatic rings. The van der Waals surface area contributed by atoms with Crippen LogP contribution in [0.2, 0.25) is 0 Å². The van der Waals surface area contributed by atoms with Crippen LogP contribution in [0, 0.1) is 0 Å². The van der Waals surface area contributed by atoms with Crippen LogP contribution in [0.1, 0.15) is 25.6 Å². The number of thiophene rings is 1. The first-order valence-corrected chi connectivity index (χ1v) is 11.1. The summed E-state index contributed by atoms with van der Waals surface area (Å²) in [5, 5.41) is 5.98. The molecule has 0 fully saturated rings. The molecule has 2 rings (SSSR count). The van der Waals surface area contributed by atoms with Crippen LogP contribution in [0.25, 0.3) is 0 Å². The zero-order valence-electron chi connectivity index (χ0n) is 15.7. The molecule has 27 heavy (non-hydrogen) atoms. The van der Waals surface area contributed by atoms with Crippen LogP contribution < -0.4 is 14.5 Å². The van der Waals surface area contributed by atoms with Gasteiger partial charge in [0.25, 0.3) is 5.91 Å². The predicted molar refractivity (Wildman–Crippen MR) is 109 cm³/mol. The highest BCUT2D eigenvalue weighted by Gasteiger charge is 2.29. The minimum atomic E-state index is -3.68. The average molecular weight is 410 g/mol. The van der Waals surface area contributed by atoms with Crippen LogP contribution in [-0.2, 0) is 14.8 Å². The van der Waals surface area contributed by atoms with Gasteiger partial charge in [0, 0.05) is 4.88 Å². The molecule has 0 saturated carbocycles. The smallest absolute Gasteiger partial charge is 0.263 e. The Morgan fingerprint density at radius 1 is 1.30 bits per heavy atom. The Bertz CT molecular complexity index is 891. The summed E-state index contributed by atoms with van der Waals surface area (Å²) in [5.74, 6) is 0.105. The maximum atomic E-state index is 12.5. The van der Waals surface area contributed by atoms with E-state index in [2.05, 4.69) is 10.5 Å². The van der Waals surface area contributed by atoms with Crippen molar-refractivity contribution >= 4 is 38.7 Å². The Morgan fingerprint density at radius 3 is 2.48 bits per heavy atom. The van der Waals surface area contributed by atoms with Crippen LogP contribution in [0.5, 0.6) is 5.75 Å². The lowest BCUT2D eigenvalue weighted by atomic mass is 10.2. The van der Waals surface area contributed by atoms with E-state index in [-0.39, 0.29) is 0 Å². The minimum Gasteiger partial charge on any atom is -0.494 e. The monoisotopic (exact) mass is 409 g/mol. The number of rotatable bonds is 8. The minimum absolute atomic E-state index is 0.377. The number of carbonyl (C=O) groups excluding carboxylic acids is 1. The lowest BCUT2D eigenvalue weighted by molar-refractivity contribution is -0.121. The summed E-state index contributed by atoms with van der Waals surface area (Å²) >= 11 is 1.50. The van der Waals surface area contributed by atoms with E-state index in [4.69, 9.17) is 4.74 Å². The number of hydrazone groups is 1. The molecule has 0 bridgehead atoms. The van der Waals surface area contributed by atoms with Gasteiger partial charge in [-0.3, -0.25) is 9.10 Å². The number of amides is 1. The van der Waals surface area contributed by atoms with Crippen molar-refractivity contribution in [2.45, 2.75) is 26.8 Å². The topological polar surface area (TPSA) is 88.1 Å². The molecule has 1 unspecified atom stereocenters. The summed E-state index contributed by atoms with van der Waals surface area (Å²) in [7, 11) is -3.68. The van der Waals surface area contributed by atoms with Crippen LogP contribution in [0.4, 0.5) is 5.69 Å². The van der Waals surface area contributed by atoms with Crippen molar-refractivity contribution in [3.63, 3.8) is 0 Å². The highest BCUT2D eigenvalue weighted by atomic mass is 32.2. The first kappa shape index (κ1) is 20.9. The van der Waals surface area contributed by atoms with E-state index < -0.39 is 22.0 Å². The highest BCUT2D eigenvalue weighted by Crippen LogP contribution is 2.24. The summed E-state index contributed by atoms with van der Waals surface area (Å²) in [6.07, 6.45) is 1.06. The molecule has 0 aliphatic carbocycles. The fraction of sp³-hybridized carbons (Fsp3) is 0.333. The molecule has 0 radical (unpaired) electrons. The molecule has 7 nitrogen and oxygen atoms in total. The van der Waals surface area contributed by atoms with Gasteiger partial charge in [0.2, 0.25) is 10.0 Å². The van der Waals surface area contributed by atoms with Crippen LogP contribution in [-0.4, -0.2) is 38.9 Å². The van der Waals surface area contributed by atoms with E-state index in [0.717, 1.165) is 15.4 Å². The zero-order chi connectivity index (χ0) is 20.0. The molecule has 1 N–H and O–H groups in total. The predicted octanol–water partition coefficient (Wildman–Crippen LogP) is 2.84. The first-order chi connectivity index (χ1) is 12.7. The number of nitrogens with one attached hydrogen (secondary N) is 1. The van der Waals surface area contributed by atoms with E-state index in [9.17, 15) is 13.2 Å². The number of benzene rings is 1. The van der Waals surface area contributed by atoms with Gasteiger partial charge in [0.15, 0.2) is 0 Å². The number of nitrogens with zero attached hydrogens (tertiary/aromatic N) is 2. The molecule has 9 heteroatoms. The zero-order valence-corrected chi connectivity index (χ0v) is 17.3. The lowest BCUT2D eigenvalue weighted by Crippen LogP contribution is -2.46. The van der Waals surface area contributed by atoms with E-state index in [1.165, 1.54) is 18.3 Å². The quantitative estimate of drug-likeness (QED) is 0.536. The second-order valence-corrected chi connectivity index (χ2v) is 8.62. The maximum absolute atomic E-state index is 12.5. The van der Waals surface area contributed by atoms with Crippen molar-refractivity contribution in [3.8, 4) is 5.75 Å². The second kappa shape index (κ2) is 9.01. The van der Waals surface area contributed by atoms with Crippen molar-refractivity contribution in [1.29, 1.82) is 0 Å². The Morgan fingerprint density at radius 2 is 1.96 bits per heavy atom. The van der Waals surface area contributed by atoms with Gasteiger partial charge in [-0.2, -0.15) is 5.10 Å². The third kappa shape index (κ3) is 5.54. The molecule has 1 atom stereocenters. The van der Waals surface area contributed by atoms with Crippen LogP contribution >= 0.6 is 11.3 Å². The fourth-order valence-electron chi connectivity index (χ4n) is 2.44. The van der Waals surface area contributed by atoms with Crippen molar-refractivity contribution < 1.29 is 17.9 Å². The molecule has 2 aromatic rings. The van der Waals surface area contributed by atoms with Gasteiger partial charge < -0.3 is 4.74 Å². The summed E-state index contributed by atoms with van der Waals surface area (Å²) in [4.78, 5) is 13.4. The highest BCUT2D eigenvalue weighted by molar-refractivity contribution is 7.92. The normalized spacial score (nSPS) is 13.1. The van der Waals surface area contributed by atoms with Gasteiger partial charge >= 0.3 is 0 Å². The molecule has 1 aromatic carbocycles. The molecular formula is C18H23N3O4S2. The second-order valence-electron chi connectivity index (χ2n) is 5.81. The number of ether oxygens (including phenoxy) is 1. The van der Waals surface area contributed by atoms with Gasteiger partial charge in [0.1, 0.15) is 11.8 Å². The molecule has 0 aliphatic heterocycles. The summed E-state index contributed by atoms with van der Waals surface area (Å²) in [6.45, 7) is 5.66. The Kier molecular flexibility index (Phi) is 6.98. The molecule has 1 heterocycles. The largest absolute Gasteiger partial charge is 0.494 e. The van der Waals surface area contributed by atoms with Gasteiger partial charge in [-0.1, -0.05) is 6.07 Å². The molecule has 1 amide bonds. The van der Waals surface area contributed by atoms with Gasteiger partial charge in [-0.05, 0) is 56.5 Å². The average Bonchev–Trinajstić information content (AvgIpc) is 3.14. The van der Waals surface area contributed by atoms with Crippen molar-refractivity contribution in [1.82, 2.24) is 5.43 Å². The Hall–Kier alpha value is -2.39. The summed E-state index contributed by atoms with van der Waals surface area (Å²) in [6, 6.07) is 9.36. The number of hydrogen-bond donors (Lipinski definition) is 1. The van der Waals surface area contributed by atoms with E-state index >= 15 is 0 Å². The molecule has 1 aromatic heterocycles. The number of hydrogen-bond acceptors (Lipinski definition) is 6. The first-order valence-electron chi connectivity index (χ1n) is 8.34. The van der Waals surface area contributed by atoms with Gasteiger partial charge in [-0.25, -0.2) is 13.8 Å². The standard InChI is InChI=1S/C18H23N3O4S2/c1-5-25-16-10-8-15(9-11-16)21(27(4,23)24)14(3)18(22)20-19-13(2)17-7-6-12-26-17/h6-12,14H,5H2,1-4H3,(H,20,22)/b19-13+. The molecule has 146 valence electrons. The lowest BCUT2D eigenvalue weighted by Gasteiger charge is -2.27. The summed E-state index contributed by atoms with van der Waals surface area (Å²) in [5.41, 5.74) is 3.48. The maximum Gasteiger partial charge on any atom is 0.263 e. The van der Waals surface area contributed by atoms with Gasteiger partial charge in [0.05, 0.1) is 24.3 Å². The number of carbonyl (C=O) groups is 1. The van der Waals surface area contributed by atoms with E-state index in [0.29, 0.717) is 23.8 Å². The van der Waals surface area contributed by atoms with Crippen LogP contribution in [0.3, 0.4) is 0 Å². The van der Waals surface area contributed by atoms with E-state index in [1.54, 1.807) is 31.2 Å². The van der Waals surface area contributed by atoms with Crippen LogP contribution in [0.15, 0.2) is 46.9 Å². The number of anilines is 1. The van der Waals surface area contributed by atoms with Gasteiger partial charge in [-0.15, -0.1) is 11.3 Å². The SMILES string of the molecule is CCOc1ccc(N(C(C)C(=O)N/N=C(\C)c2cccs2)S(C)(=O)=O)cc1. The fourth-order valence-corrected chi connectivity index (χ4v) is 4.29.